The highest BCUT2D eigenvalue weighted by Crippen LogP contribution is 2.18. The topological polar surface area (TPSA) is 93.1 Å². The lowest BCUT2D eigenvalue weighted by Crippen LogP contribution is -2.34. The SMILES string of the molecule is CN(CCO)Cc1cccc(NC2=CC(=O)N(CCO)C2=O)c1. The molecule has 0 bridgehead atoms. The zero-order chi connectivity index (χ0) is 16.8. The van der Waals surface area contributed by atoms with Crippen molar-refractivity contribution in [2.24, 2.45) is 0 Å². The van der Waals surface area contributed by atoms with Gasteiger partial charge in [0, 0.05) is 24.9 Å². The number of rotatable bonds is 8. The summed E-state index contributed by atoms with van der Waals surface area (Å²) in [7, 11) is 1.91. The molecule has 1 aliphatic rings. The van der Waals surface area contributed by atoms with E-state index >= 15 is 0 Å². The molecule has 0 spiro atoms. The quantitative estimate of drug-likeness (QED) is 0.573. The molecule has 124 valence electrons. The summed E-state index contributed by atoms with van der Waals surface area (Å²) in [5.74, 6) is -0.864. The molecule has 0 fully saturated rings. The van der Waals surface area contributed by atoms with Crippen molar-refractivity contribution in [3.63, 3.8) is 0 Å². The Morgan fingerprint density at radius 3 is 2.70 bits per heavy atom. The standard InChI is InChI=1S/C16H21N3O4/c1-18(5-7-20)11-12-3-2-4-13(9-12)17-14-10-15(22)19(6-8-21)16(14)23/h2-4,9-10,17,20-21H,5-8,11H2,1H3. The fraction of sp³-hybridized carbons (Fsp3) is 0.375. The summed E-state index contributed by atoms with van der Waals surface area (Å²) in [6, 6.07) is 7.51. The molecule has 7 heteroatoms. The lowest BCUT2D eigenvalue weighted by molar-refractivity contribution is -0.137. The number of imide groups is 1. The zero-order valence-electron chi connectivity index (χ0n) is 13.0. The van der Waals surface area contributed by atoms with Crippen molar-refractivity contribution in [3.05, 3.63) is 41.6 Å². The van der Waals surface area contributed by atoms with Crippen molar-refractivity contribution in [1.82, 2.24) is 9.80 Å². The lowest BCUT2D eigenvalue weighted by atomic mass is 10.2. The summed E-state index contributed by atoms with van der Waals surface area (Å²) < 4.78 is 0. The largest absolute Gasteiger partial charge is 0.395 e. The maximum absolute atomic E-state index is 12.1. The van der Waals surface area contributed by atoms with Crippen LogP contribution in [-0.2, 0) is 16.1 Å². The second kappa shape index (κ2) is 7.87. The van der Waals surface area contributed by atoms with E-state index in [9.17, 15) is 9.59 Å². The molecule has 1 aliphatic heterocycles. The highest BCUT2D eigenvalue weighted by atomic mass is 16.3. The van der Waals surface area contributed by atoms with Gasteiger partial charge in [0.15, 0.2) is 0 Å². The molecule has 0 radical (unpaired) electrons. The van der Waals surface area contributed by atoms with E-state index in [0.29, 0.717) is 18.8 Å². The van der Waals surface area contributed by atoms with Crippen LogP contribution in [0.5, 0.6) is 0 Å². The number of carbonyl (C=O) groups excluding carboxylic acids is 2. The minimum absolute atomic E-state index is 0.00859. The van der Waals surface area contributed by atoms with E-state index in [1.54, 1.807) is 0 Å². The van der Waals surface area contributed by atoms with Gasteiger partial charge in [-0.2, -0.15) is 0 Å². The summed E-state index contributed by atoms with van der Waals surface area (Å²) in [5, 5.41) is 20.8. The number of aliphatic hydroxyl groups is 2. The van der Waals surface area contributed by atoms with Gasteiger partial charge in [0.05, 0.1) is 19.8 Å². The number of hydrogen-bond acceptors (Lipinski definition) is 6. The van der Waals surface area contributed by atoms with Crippen molar-refractivity contribution < 1.29 is 19.8 Å². The van der Waals surface area contributed by atoms with Gasteiger partial charge >= 0.3 is 0 Å². The summed E-state index contributed by atoms with van der Waals surface area (Å²) >= 11 is 0. The first kappa shape index (κ1) is 17.1. The van der Waals surface area contributed by atoms with Gasteiger partial charge in [0.1, 0.15) is 5.70 Å². The number of nitrogens with zero attached hydrogens (tertiary/aromatic N) is 2. The van der Waals surface area contributed by atoms with E-state index in [1.807, 2.05) is 36.2 Å². The van der Waals surface area contributed by atoms with Gasteiger partial charge in [-0.25, -0.2) is 0 Å². The van der Waals surface area contributed by atoms with E-state index in [1.165, 1.54) is 6.08 Å². The predicted octanol–water partition coefficient (Wildman–Crippen LogP) is -0.232. The fourth-order valence-corrected chi connectivity index (χ4v) is 2.37. The molecule has 1 heterocycles. The van der Waals surface area contributed by atoms with Gasteiger partial charge in [0.25, 0.3) is 11.8 Å². The van der Waals surface area contributed by atoms with Crippen LogP contribution < -0.4 is 5.32 Å². The average molecular weight is 319 g/mol. The Morgan fingerprint density at radius 2 is 2.00 bits per heavy atom. The molecule has 2 rings (SSSR count). The minimum Gasteiger partial charge on any atom is -0.395 e. The third-order valence-electron chi connectivity index (χ3n) is 3.47. The molecule has 3 N–H and O–H groups in total. The third kappa shape index (κ3) is 4.38. The van der Waals surface area contributed by atoms with Crippen LogP contribution in [0.25, 0.3) is 0 Å². The zero-order valence-corrected chi connectivity index (χ0v) is 13.0. The van der Waals surface area contributed by atoms with Crippen LogP contribution in [0, 0.1) is 0 Å². The number of amides is 2. The van der Waals surface area contributed by atoms with Crippen LogP contribution in [0.2, 0.25) is 0 Å². The van der Waals surface area contributed by atoms with E-state index in [4.69, 9.17) is 10.2 Å². The Kier molecular flexibility index (Phi) is 5.86. The Bertz CT molecular complexity index is 615. The number of β-amino-alcohol motifs (C(OH)–C–C–N with tert-alkyl or cyclic N) is 1. The number of nitrogens with one attached hydrogen (secondary N) is 1. The van der Waals surface area contributed by atoms with Crippen LogP contribution in [-0.4, -0.2) is 65.2 Å². The highest BCUT2D eigenvalue weighted by Gasteiger charge is 2.30. The first-order chi connectivity index (χ1) is 11.0. The average Bonchev–Trinajstić information content (AvgIpc) is 2.76. The molecule has 23 heavy (non-hydrogen) atoms. The second-order valence-electron chi connectivity index (χ2n) is 5.36. The number of likely N-dealkylation sites (N-methyl/N-ethyl adjacent to an activating group) is 1. The predicted molar refractivity (Wildman–Crippen MR) is 85.4 cm³/mol. The fourth-order valence-electron chi connectivity index (χ4n) is 2.37. The van der Waals surface area contributed by atoms with E-state index in [-0.39, 0.29) is 25.5 Å². The lowest BCUT2D eigenvalue weighted by Gasteiger charge is -2.16. The first-order valence-electron chi connectivity index (χ1n) is 7.39. The molecule has 0 aromatic heterocycles. The van der Waals surface area contributed by atoms with Crippen LogP contribution >= 0.6 is 0 Å². The first-order valence-corrected chi connectivity index (χ1v) is 7.39. The molecule has 1 aromatic rings. The smallest absolute Gasteiger partial charge is 0.277 e. The summed E-state index contributed by atoms with van der Waals surface area (Å²) in [5.41, 5.74) is 1.93. The molecular weight excluding hydrogens is 298 g/mol. The molecule has 0 atom stereocenters. The van der Waals surface area contributed by atoms with Gasteiger partial charge in [0.2, 0.25) is 0 Å². The Hall–Kier alpha value is -2.22. The third-order valence-corrected chi connectivity index (χ3v) is 3.47. The molecule has 0 saturated carbocycles. The number of hydrogen-bond donors (Lipinski definition) is 3. The van der Waals surface area contributed by atoms with Crippen molar-refractivity contribution in [1.29, 1.82) is 0 Å². The molecule has 1 aromatic carbocycles. The van der Waals surface area contributed by atoms with Crippen LogP contribution in [0.4, 0.5) is 5.69 Å². The van der Waals surface area contributed by atoms with Crippen molar-refractivity contribution in [2.45, 2.75) is 6.54 Å². The summed E-state index contributed by atoms with van der Waals surface area (Å²) in [6.45, 7) is 1.07. The van der Waals surface area contributed by atoms with Crippen LogP contribution in [0.15, 0.2) is 36.0 Å². The van der Waals surface area contributed by atoms with Gasteiger partial charge < -0.3 is 15.5 Å². The number of aliphatic hydroxyl groups excluding tert-OH is 2. The van der Waals surface area contributed by atoms with Crippen molar-refractivity contribution in [2.75, 3.05) is 38.7 Å². The number of benzene rings is 1. The maximum atomic E-state index is 12.1. The van der Waals surface area contributed by atoms with E-state index < -0.39 is 11.8 Å². The van der Waals surface area contributed by atoms with E-state index in [0.717, 1.165) is 10.5 Å². The highest BCUT2D eigenvalue weighted by molar-refractivity contribution is 6.17. The van der Waals surface area contributed by atoms with Crippen molar-refractivity contribution in [3.8, 4) is 0 Å². The molecule has 0 saturated heterocycles. The van der Waals surface area contributed by atoms with Gasteiger partial charge in [-0.3, -0.25) is 19.4 Å². The molecule has 2 amide bonds. The Labute approximate surface area is 134 Å². The summed E-state index contributed by atoms with van der Waals surface area (Å²) in [4.78, 5) is 26.8. The van der Waals surface area contributed by atoms with Gasteiger partial charge in [-0.05, 0) is 24.7 Å². The normalized spacial score (nSPS) is 14.6. The monoisotopic (exact) mass is 319 g/mol. The Morgan fingerprint density at radius 1 is 1.22 bits per heavy atom. The molecular formula is C16H21N3O4. The number of carbonyl (C=O) groups is 2. The Balaban J connectivity index is 2.05. The number of anilines is 1. The van der Waals surface area contributed by atoms with E-state index in [2.05, 4.69) is 5.32 Å². The molecule has 0 aliphatic carbocycles. The van der Waals surface area contributed by atoms with Crippen LogP contribution in [0.3, 0.4) is 0 Å². The summed E-state index contributed by atoms with van der Waals surface area (Å²) in [6.07, 6.45) is 1.24. The maximum Gasteiger partial charge on any atom is 0.277 e. The van der Waals surface area contributed by atoms with Crippen molar-refractivity contribution >= 4 is 17.5 Å². The second-order valence-corrected chi connectivity index (χ2v) is 5.36. The molecule has 7 nitrogen and oxygen atoms in total. The molecule has 0 unspecified atom stereocenters. The van der Waals surface area contributed by atoms with Gasteiger partial charge in [-0.15, -0.1) is 0 Å². The van der Waals surface area contributed by atoms with Crippen LogP contribution in [0.1, 0.15) is 5.56 Å². The van der Waals surface area contributed by atoms with Gasteiger partial charge in [-0.1, -0.05) is 12.1 Å². The minimum atomic E-state index is -0.438.